The van der Waals surface area contributed by atoms with Crippen LogP contribution in [0.2, 0.25) is 0 Å². The third-order valence-electron chi connectivity index (χ3n) is 4.86. The number of carbonyl (C=O) groups is 2. The minimum atomic E-state index is -0.745. The lowest BCUT2D eigenvalue weighted by Gasteiger charge is -2.35. The molecule has 0 radical (unpaired) electrons. The highest BCUT2D eigenvalue weighted by atomic mass is 16.2. The predicted octanol–water partition coefficient (Wildman–Crippen LogP) is 1.27. The molecule has 1 aliphatic rings. The summed E-state index contributed by atoms with van der Waals surface area (Å²) in [6, 6.07) is 6.36. The maximum Gasteiger partial charge on any atom is 0.256 e. The maximum atomic E-state index is 13.2. The third kappa shape index (κ3) is 3.36. The van der Waals surface area contributed by atoms with Crippen molar-refractivity contribution in [2.75, 3.05) is 6.54 Å². The van der Waals surface area contributed by atoms with Crippen LogP contribution in [0.1, 0.15) is 33.4 Å². The smallest absolute Gasteiger partial charge is 0.256 e. The van der Waals surface area contributed by atoms with Crippen LogP contribution >= 0.6 is 0 Å². The Morgan fingerprint density at radius 2 is 2.00 bits per heavy atom. The highest BCUT2D eigenvalue weighted by Crippen LogP contribution is 2.30. The molecule has 0 spiro atoms. The normalized spacial score (nSPS) is 15.8. The zero-order valence-corrected chi connectivity index (χ0v) is 15.4. The first kappa shape index (κ1) is 17.8. The molecule has 8 heteroatoms. The Balaban J connectivity index is 1.63. The fourth-order valence-electron chi connectivity index (χ4n) is 3.46. The summed E-state index contributed by atoms with van der Waals surface area (Å²) in [6.07, 6.45) is 8.79. The minimum Gasteiger partial charge on any atom is -0.350 e. The van der Waals surface area contributed by atoms with Gasteiger partial charge in [0, 0.05) is 51.3 Å². The number of hydrogen-bond donors (Lipinski definition) is 1. The number of hydrogen-bond acceptors (Lipinski definition) is 5. The van der Waals surface area contributed by atoms with Crippen molar-refractivity contribution in [1.82, 2.24) is 29.7 Å². The summed E-state index contributed by atoms with van der Waals surface area (Å²) in [6.45, 7) is 0.783. The first-order valence-electron chi connectivity index (χ1n) is 9.03. The lowest BCUT2D eigenvalue weighted by Crippen LogP contribution is -2.47. The Morgan fingerprint density at radius 1 is 1.18 bits per heavy atom. The molecule has 2 amide bonds. The third-order valence-corrected chi connectivity index (χ3v) is 4.86. The van der Waals surface area contributed by atoms with E-state index in [2.05, 4.69) is 20.3 Å². The molecule has 8 nitrogen and oxygen atoms in total. The number of nitrogens with one attached hydrogen (secondary N) is 1. The van der Waals surface area contributed by atoms with Crippen molar-refractivity contribution in [2.45, 2.75) is 19.0 Å². The highest BCUT2D eigenvalue weighted by Gasteiger charge is 2.38. The van der Waals surface area contributed by atoms with E-state index in [-0.39, 0.29) is 11.8 Å². The van der Waals surface area contributed by atoms with E-state index in [4.69, 9.17) is 0 Å². The number of amides is 2. The Bertz CT molecular complexity index is 986. The zero-order chi connectivity index (χ0) is 19.5. The van der Waals surface area contributed by atoms with Crippen molar-refractivity contribution in [3.8, 4) is 0 Å². The molecule has 0 bridgehead atoms. The summed E-state index contributed by atoms with van der Waals surface area (Å²) in [5, 5.41) is 2.95. The van der Waals surface area contributed by atoms with Crippen molar-refractivity contribution in [1.29, 1.82) is 0 Å². The van der Waals surface area contributed by atoms with E-state index in [0.717, 1.165) is 17.0 Å². The largest absolute Gasteiger partial charge is 0.350 e. The fourth-order valence-corrected chi connectivity index (χ4v) is 3.46. The summed E-state index contributed by atoms with van der Waals surface area (Å²) in [5.74, 6) is -0.456. The van der Waals surface area contributed by atoms with Crippen LogP contribution in [-0.4, -0.2) is 42.8 Å². The lowest BCUT2D eigenvalue weighted by molar-refractivity contribution is -0.126. The van der Waals surface area contributed by atoms with Gasteiger partial charge in [-0.25, -0.2) is 4.98 Å². The summed E-state index contributed by atoms with van der Waals surface area (Å²) in [4.78, 5) is 40.3. The van der Waals surface area contributed by atoms with E-state index in [1.54, 1.807) is 42.0 Å². The van der Waals surface area contributed by atoms with Crippen molar-refractivity contribution >= 4 is 11.8 Å². The second-order valence-electron chi connectivity index (χ2n) is 6.65. The first-order valence-corrected chi connectivity index (χ1v) is 9.03. The molecule has 0 aromatic carbocycles. The second kappa shape index (κ2) is 7.59. The molecule has 142 valence electrons. The van der Waals surface area contributed by atoms with Crippen molar-refractivity contribution in [3.63, 3.8) is 0 Å². The van der Waals surface area contributed by atoms with Crippen LogP contribution in [0.15, 0.2) is 55.4 Å². The molecular weight excluding hydrogens is 356 g/mol. The van der Waals surface area contributed by atoms with Crippen LogP contribution in [-0.2, 0) is 24.8 Å². The summed E-state index contributed by atoms with van der Waals surface area (Å²) in [5.41, 5.74) is 2.99. The Labute approximate surface area is 162 Å². The lowest BCUT2D eigenvalue weighted by atomic mass is 10.00. The van der Waals surface area contributed by atoms with Crippen molar-refractivity contribution < 1.29 is 9.59 Å². The van der Waals surface area contributed by atoms with Gasteiger partial charge in [-0.05, 0) is 29.8 Å². The molecule has 0 fully saturated rings. The molecule has 1 atom stereocenters. The molecule has 0 saturated heterocycles. The number of imidazole rings is 1. The van der Waals surface area contributed by atoms with E-state index in [1.165, 1.54) is 6.20 Å². The maximum absolute atomic E-state index is 13.2. The number of aromatic nitrogens is 4. The Morgan fingerprint density at radius 3 is 2.75 bits per heavy atom. The van der Waals surface area contributed by atoms with Gasteiger partial charge in [-0.3, -0.25) is 19.6 Å². The average Bonchev–Trinajstić information content (AvgIpc) is 3.13. The molecule has 0 aliphatic carbocycles. The topological polar surface area (TPSA) is 93.0 Å². The van der Waals surface area contributed by atoms with Crippen LogP contribution < -0.4 is 5.32 Å². The molecule has 0 saturated carbocycles. The molecule has 28 heavy (non-hydrogen) atoms. The quantitative estimate of drug-likeness (QED) is 0.740. The van der Waals surface area contributed by atoms with Gasteiger partial charge in [0.05, 0.1) is 23.3 Å². The fraction of sp³-hybridized carbons (Fsp3) is 0.250. The minimum absolute atomic E-state index is 0.219. The Kier molecular flexibility index (Phi) is 4.84. The van der Waals surface area contributed by atoms with E-state index in [1.807, 2.05) is 23.7 Å². The van der Waals surface area contributed by atoms with Gasteiger partial charge in [-0.1, -0.05) is 0 Å². The number of pyridine rings is 2. The molecule has 1 N–H and O–H groups in total. The number of rotatable bonds is 4. The number of nitrogens with zero attached hydrogens (tertiary/aromatic N) is 5. The summed E-state index contributed by atoms with van der Waals surface area (Å²) < 4.78 is 1.81. The summed E-state index contributed by atoms with van der Waals surface area (Å²) >= 11 is 0. The standard InChI is InChI=1S/C20H20N6O2/c1-25-13-24-16-6-10-26(20(28)15-3-2-7-22-12-15)18(17(16)25)19(27)23-11-14-4-8-21-9-5-14/h2-5,7-9,12-13,18H,6,10-11H2,1H3,(H,23,27). The Hall–Kier alpha value is -3.55. The molecular formula is C20H20N6O2. The van der Waals surface area contributed by atoms with Gasteiger partial charge < -0.3 is 14.8 Å². The van der Waals surface area contributed by atoms with Crippen LogP contribution in [0.5, 0.6) is 0 Å². The van der Waals surface area contributed by atoms with Crippen LogP contribution in [0.3, 0.4) is 0 Å². The van der Waals surface area contributed by atoms with Crippen molar-refractivity contribution in [2.24, 2.45) is 7.05 Å². The van der Waals surface area contributed by atoms with E-state index in [0.29, 0.717) is 25.1 Å². The monoisotopic (exact) mass is 376 g/mol. The van der Waals surface area contributed by atoms with Gasteiger partial charge in [0.2, 0.25) is 5.91 Å². The van der Waals surface area contributed by atoms with Gasteiger partial charge in [-0.2, -0.15) is 0 Å². The highest BCUT2D eigenvalue weighted by molar-refractivity contribution is 5.98. The number of fused-ring (bicyclic) bond motifs is 1. The second-order valence-corrected chi connectivity index (χ2v) is 6.65. The van der Waals surface area contributed by atoms with Gasteiger partial charge in [0.1, 0.15) is 0 Å². The van der Waals surface area contributed by atoms with Gasteiger partial charge in [0.15, 0.2) is 6.04 Å². The van der Waals surface area contributed by atoms with Crippen molar-refractivity contribution in [3.05, 3.63) is 77.9 Å². The number of carbonyl (C=O) groups excluding carboxylic acids is 2. The van der Waals surface area contributed by atoms with Crippen LogP contribution in [0, 0.1) is 0 Å². The van der Waals surface area contributed by atoms with E-state index >= 15 is 0 Å². The molecule has 3 aromatic heterocycles. The van der Waals surface area contributed by atoms with Crippen LogP contribution in [0.4, 0.5) is 0 Å². The van der Waals surface area contributed by atoms with E-state index < -0.39 is 6.04 Å². The molecule has 4 rings (SSSR count). The SMILES string of the molecule is Cn1cnc2c1C(C(=O)NCc1ccncc1)N(C(=O)c1cccnc1)CC2. The predicted molar refractivity (Wildman–Crippen MR) is 101 cm³/mol. The van der Waals surface area contributed by atoms with Crippen LogP contribution in [0.25, 0.3) is 0 Å². The van der Waals surface area contributed by atoms with Gasteiger partial charge in [-0.15, -0.1) is 0 Å². The molecule has 1 unspecified atom stereocenters. The van der Waals surface area contributed by atoms with E-state index in [9.17, 15) is 9.59 Å². The average molecular weight is 376 g/mol. The van der Waals surface area contributed by atoms with Gasteiger partial charge >= 0.3 is 0 Å². The summed E-state index contributed by atoms with van der Waals surface area (Å²) in [7, 11) is 1.84. The zero-order valence-electron chi connectivity index (χ0n) is 15.4. The molecule has 4 heterocycles. The van der Waals surface area contributed by atoms with Gasteiger partial charge in [0.25, 0.3) is 5.91 Å². The first-order chi connectivity index (χ1) is 13.6. The molecule has 3 aromatic rings. The number of aryl methyl sites for hydroxylation is 1. The molecule has 1 aliphatic heterocycles.